The molecule has 1 rings (SSSR count). The number of hydrogen-bond donors (Lipinski definition) is 3. The molecule has 0 fully saturated rings. The Bertz CT molecular complexity index is 529. The van der Waals surface area contributed by atoms with Gasteiger partial charge in [-0.2, -0.15) is 0 Å². The summed E-state index contributed by atoms with van der Waals surface area (Å²) in [5.41, 5.74) is 6.31. The number of anilines is 1. The van der Waals surface area contributed by atoms with Crippen molar-refractivity contribution < 1.29 is 14.7 Å². The predicted molar refractivity (Wildman–Crippen MR) is 78.9 cm³/mol. The number of carbonyl (C=O) groups excluding carboxylic acids is 1. The molecule has 0 unspecified atom stereocenters. The second kappa shape index (κ2) is 7.01. The molecule has 0 radical (unpaired) electrons. The monoisotopic (exact) mass is 294 g/mol. The van der Waals surface area contributed by atoms with Crippen LogP contribution in [0.15, 0.2) is 6.07 Å². The number of hydrogen-bond acceptors (Lipinski definition) is 5. The van der Waals surface area contributed by atoms with Crippen molar-refractivity contribution in [2.24, 2.45) is 5.92 Å². The van der Waals surface area contributed by atoms with Gasteiger partial charge in [-0.15, -0.1) is 0 Å². The number of nitrogens with one attached hydrogen (secondary N) is 1. The van der Waals surface area contributed by atoms with E-state index in [1.54, 1.807) is 0 Å². The van der Waals surface area contributed by atoms with Gasteiger partial charge in [0.25, 0.3) is 5.91 Å². The molecule has 0 bridgehead atoms. The Morgan fingerprint density at radius 2 is 1.90 bits per heavy atom. The molecule has 4 N–H and O–H groups in total. The summed E-state index contributed by atoms with van der Waals surface area (Å²) in [6.45, 7) is 7.62. The number of aliphatic carboxylic acids is 1. The highest BCUT2D eigenvalue weighted by Crippen LogP contribution is 2.14. The minimum absolute atomic E-state index is 0.00193. The molecule has 0 aromatic carbocycles. The Morgan fingerprint density at radius 3 is 2.38 bits per heavy atom. The van der Waals surface area contributed by atoms with Crippen molar-refractivity contribution in [2.75, 3.05) is 5.73 Å². The number of rotatable bonds is 6. The molecule has 0 spiro atoms. The van der Waals surface area contributed by atoms with Crippen LogP contribution in [0.4, 0.5) is 5.95 Å². The van der Waals surface area contributed by atoms with Crippen LogP contribution < -0.4 is 11.1 Å². The van der Waals surface area contributed by atoms with E-state index in [1.807, 2.05) is 27.7 Å². The average Bonchev–Trinajstić information content (AvgIpc) is 2.36. The van der Waals surface area contributed by atoms with E-state index in [-0.39, 0.29) is 23.5 Å². The molecule has 1 aromatic heterocycles. The highest BCUT2D eigenvalue weighted by atomic mass is 16.4. The minimum Gasteiger partial charge on any atom is -0.480 e. The molecule has 0 saturated heterocycles. The maximum absolute atomic E-state index is 12.1. The van der Waals surface area contributed by atoms with E-state index in [0.29, 0.717) is 12.1 Å². The number of carboxylic acids is 1. The topological polar surface area (TPSA) is 118 Å². The smallest absolute Gasteiger partial charge is 0.326 e. The van der Waals surface area contributed by atoms with Crippen LogP contribution in [0.2, 0.25) is 0 Å². The van der Waals surface area contributed by atoms with Gasteiger partial charge in [0.15, 0.2) is 0 Å². The van der Waals surface area contributed by atoms with Crippen molar-refractivity contribution >= 4 is 17.8 Å². The molecule has 0 saturated carbocycles. The normalized spacial score (nSPS) is 12.5. The van der Waals surface area contributed by atoms with E-state index in [4.69, 9.17) is 10.8 Å². The molecule has 1 amide bonds. The number of carbonyl (C=O) groups is 2. The quantitative estimate of drug-likeness (QED) is 0.730. The summed E-state index contributed by atoms with van der Waals surface area (Å²) in [6, 6.07) is 0.584. The fourth-order valence-corrected chi connectivity index (χ4v) is 1.82. The molecular formula is C14H22N4O3. The van der Waals surface area contributed by atoms with E-state index < -0.39 is 17.9 Å². The van der Waals surface area contributed by atoms with Crippen LogP contribution in [0.1, 0.15) is 56.2 Å². The molecule has 0 aliphatic carbocycles. The zero-order valence-corrected chi connectivity index (χ0v) is 12.8. The molecular weight excluding hydrogens is 272 g/mol. The average molecular weight is 294 g/mol. The Kier molecular flexibility index (Phi) is 5.63. The van der Waals surface area contributed by atoms with Gasteiger partial charge in [0, 0.05) is 5.69 Å². The summed E-state index contributed by atoms with van der Waals surface area (Å²) in [5.74, 6) is -1.38. The molecule has 116 valence electrons. The lowest BCUT2D eigenvalue weighted by molar-refractivity contribution is -0.139. The molecule has 1 atom stereocenters. The van der Waals surface area contributed by atoms with Crippen molar-refractivity contribution in [1.82, 2.24) is 15.3 Å². The summed E-state index contributed by atoms with van der Waals surface area (Å²) < 4.78 is 0. The fraction of sp³-hybridized carbons (Fsp3) is 0.571. The Labute approximate surface area is 124 Å². The number of nitrogens with two attached hydrogens (primary N) is 1. The van der Waals surface area contributed by atoms with Crippen molar-refractivity contribution in [3.8, 4) is 0 Å². The maximum Gasteiger partial charge on any atom is 0.326 e. The van der Waals surface area contributed by atoms with E-state index in [0.717, 1.165) is 0 Å². The van der Waals surface area contributed by atoms with Gasteiger partial charge < -0.3 is 16.2 Å². The number of carboxylic acid groups (broad SMARTS) is 1. The van der Waals surface area contributed by atoms with Crippen LogP contribution in [0, 0.1) is 5.92 Å². The lowest BCUT2D eigenvalue weighted by atomic mass is 10.0. The number of amides is 1. The maximum atomic E-state index is 12.1. The number of aromatic nitrogens is 2. The molecule has 7 heteroatoms. The van der Waals surface area contributed by atoms with E-state index in [1.165, 1.54) is 6.07 Å². The molecule has 7 nitrogen and oxygen atoms in total. The predicted octanol–water partition coefficient (Wildman–Crippen LogP) is 1.41. The van der Waals surface area contributed by atoms with Gasteiger partial charge in [-0.25, -0.2) is 14.8 Å². The van der Waals surface area contributed by atoms with Crippen molar-refractivity contribution in [3.63, 3.8) is 0 Å². The molecule has 0 aliphatic heterocycles. The molecule has 1 heterocycles. The summed E-state index contributed by atoms with van der Waals surface area (Å²) in [4.78, 5) is 31.2. The van der Waals surface area contributed by atoms with Crippen LogP contribution in [0.5, 0.6) is 0 Å². The second-order valence-electron chi connectivity index (χ2n) is 5.68. The van der Waals surface area contributed by atoms with Gasteiger partial charge in [-0.05, 0) is 24.3 Å². The van der Waals surface area contributed by atoms with Crippen LogP contribution in [-0.2, 0) is 4.79 Å². The van der Waals surface area contributed by atoms with Crippen molar-refractivity contribution in [3.05, 3.63) is 17.5 Å². The standard InChI is InChI=1S/C14H22N4O3/c1-7(2)5-11(13(20)21)16-12(19)10-6-9(8(3)4)17-14(15)18-10/h6-8,11H,5H2,1-4H3,(H,16,19)(H,20,21)(H2,15,17,18)/t11-/m0/s1. The van der Waals surface area contributed by atoms with Gasteiger partial charge in [0.1, 0.15) is 11.7 Å². The van der Waals surface area contributed by atoms with Gasteiger partial charge in [-0.3, -0.25) is 4.79 Å². The second-order valence-corrected chi connectivity index (χ2v) is 5.68. The summed E-state index contributed by atoms with van der Waals surface area (Å²) in [5, 5.41) is 11.6. The Hall–Kier alpha value is -2.18. The first-order valence-corrected chi connectivity index (χ1v) is 6.88. The first-order chi connectivity index (χ1) is 9.70. The van der Waals surface area contributed by atoms with Crippen LogP contribution in [0.3, 0.4) is 0 Å². The Morgan fingerprint density at radius 1 is 1.29 bits per heavy atom. The largest absolute Gasteiger partial charge is 0.480 e. The number of nitrogen functional groups attached to an aromatic ring is 1. The van der Waals surface area contributed by atoms with Crippen LogP contribution >= 0.6 is 0 Å². The van der Waals surface area contributed by atoms with Gasteiger partial charge in [0.2, 0.25) is 5.95 Å². The first-order valence-electron chi connectivity index (χ1n) is 6.88. The lowest BCUT2D eigenvalue weighted by Gasteiger charge is -2.16. The molecule has 1 aromatic rings. The van der Waals surface area contributed by atoms with Crippen molar-refractivity contribution in [2.45, 2.75) is 46.1 Å². The van der Waals surface area contributed by atoms with Gasteiger partial charge in [-0.1, -0.05) is 27.7 Å². The first kappa shape index (κ1) is 16.9. The molecule has 21 heavy (non-hydrogen) atoms. The SMILES string of the molecule is CC(C)C[C@H](NC(=O)c1cc(C(C)C)nc(N)n1)C(=O)O. The van der Waals surface area contributed by atoms with Gasteiger partial charge >= 0.3 is 5.97 Å². The lowest BCUT2D eigenvalue weighted by Crippen LogP contribution is -2.42. The minimum atomic E-state index is -1.07. The summed E-state index contributed by atoms with van der Waals surface area (Å²) in [6.07, 6.45) is 0.346. The fourth-order valence-electron chi connectivity index (χ4n) is 1.82. The van der Waals surface area contributed by atoms with Crippen LogP contribution in [0.25, 0.3) is 0 Å². The third-order valence-corrected chi connectivity index (χ3v) is 2.90. The molecule has 0 aliphatic rings. The van der Waals surface area contributed by atoms with E-state index in [2.05, 4.69) is 15.3 Å². The third-order valence-electron chi connectivity index (χ3n) is 2.90. The van der Waals surface area contributed by atoms with E-state index in [9.17, 15) is 9.59 Å². The number of nitrogens with zero attached hydrogens (tertiary/aromatic N) is 2. The van der Waals surface area contributed by atoms with Crippen LogP contribution in [-0.4, -0.2) is 33.0 Å². The zero-order chi connectivity index (χ0) is 16.2. The third kappa shape index (κ3) is 5.02. The highest BCUT2D eigenvalue weighted by Gasteiger charge is 2.23. The van der Waals surface area contributed by atoms with E-state index >= 15 is 0 Å². The summed E-state index contributed by atoms with van der Waals surface area (Å²) in [7, 11) is 0. The zero-order valence-electron chi connectivity index (χ0n) is 12.8. The Balaban J connectivity index is 2.94. The highest BCUT2D eigenvalue weighted by molar-refractivity contribution is 5.95. The summed E-state index contributed by atoms with van der Waals surface area (Å²) >= 11 is 0. The van der Waals surface area contributed by atoms with Crippen molar-refractivity contribution in [1.29, 1.82) is 0 Å². The van der Waals surface area contributed by atoms with Gasteiger partial charge in [0.05, 0.1) is 0 Å².